The first-order chi connectivity index (χ1) is 8.40. The molecule has 0 radical (unpaired) electrons. The van der Waals surface area contributed by atoms with Crippen molar-refractivity contribution in [3.8, 4) is 6.07 Å². The Morgan fingerprint density at radius 2 is 2.24 bits per heavy atom. The molecule has 1 aliphatic carbocycles. The van der Waals surface area contributed by atoms with E-state index in [1.54, 1.807) is 12.3 Å². The molecule has 17 heavy (non-hydrogen) atoms. The zero-order valence-corrected chi connectivity index (χ0v) is 10.0. The van der Waals surface area contributed by atoms with Gasteiger partial charge in [0.2, 0.25) is 0 Å². The van der Waals surface area contributed by atoms with E-state index in [2.05, 4.69) is 21.6 Å². The number of aromatic nitrogens is 2. The summed E-state index contributed by atoms with van der Waals surface area (Å²) in [6.45, 7) is 0.879. The van der Waals surface area contributed by atoms with Gasteiger partial charge < -0.3 is 5.32 Å². The van der Waals surface area contributed by atoms with Crippen molar-refractivity contribution in [2.45, 2.75) is 38.5 Å². The SMILES string of the molecule is N#Cc1ccnnc1NCCCC1CCCC1. The molecule has 4 heteroatoms. The summed E-state index contributed by atoms with van der Waals surface area (Å²) < 4.78 is 0. The average molecular weight is 230 g/mol. The molecule has 1 aliphatic rings. The Hall–Kier alpha value is -1.63. The van der Waals surface area contributed by atoms with Crippen LogP contribution in [0.1, 0.15) is 44.1 Å². The molecule has 0 aromatic carbocycles. The van der Waals surface area contributed by atoms with E-state index < -0.39 is 0 Å². The smallest absolute Gasteiger partial charge is 0.166 e. The Labute approximate surface area is 102 Å². The highest BCUT2D eigenvalue weighted by Crippen LogP contribution is 2.28. The molecule has 0 unspecified atom stereocenters. The van der Waals surface area contributed by atoms with E-state index >= 15 is 0 Å². The first-order valence-electron chi connectivity index (χ1n) is 6.36. The van der Waals surface area contributed by atoms with Crippen LogP contribution in [-0.2, 0) is 0 Å². The summed E-state index contributed by atoms with van der Waals surface area (Å²) in [4.78, 5) is 0. The summed E-state index contributed by atoms with van der Waals surface area (Å²) in [5.41, 5.74) is 0.570. The molecule has 1 heterocycles. The second-order valence-electron chi connectivity index (χ2n) is 4.62. The van der Waals surface area contributed by atoms with Crippen LogP contribution in [0, 0.1) is 17.2 Å². The third-order valence-corrected chi connectivity index (χ3v) is 3.40. The lowest BCUT2D eigenvalue weighted by Crippen LogP contribution is -2.07. The summed E-state index contributed by atoms with van der Waals surface area (Å²) in [6, 6.07) is 3.80. The van der Waals surface area contributed by atoms with Crippen molar-refractivity contribution >= 4 is 5.82 Å². The van der Waals surface area contributed by atoms with Crippen LogP contribution in [0.4, 0.5) is 5.82 Å². The van der Waals surface area contributed by atoms with Crippen LogP contribution in [0.15, 0.2) is 12.3 Å². The molecular formula is C13H18N4. The lowest BCUT2D eigenvalue weighted by Gasteiger charge is -2.09. The summed E-state index contributed by atoms with van der Waals surface area (Å²) in [7, 11) is 0. The monoisotopic (exact) mass is 230 g/mol. The lowest BCUT2D eigenvalue weighted by molar-refractivity contribution is 0.491. The van der Waals surface area contributed by atoms with Gasteiger partial charge in [0.25, 0.3) is 0 Å². The van der Waals surface area contributed by atoms with Crippen LogP contribution in [0.2, 0.25) is 0 Å². The maximum Gasteiger partial charge on any atom is 0.166 e. The van der Waals surface area contributed by atoms with Crippen molar-refractivity contribution in [2.24, 2.45) is 5.92 Å². The Morgan fingerprint density at radius 3 is 3.00 bits per heavy atom. The lowest BCUT2D eigenvalue weighted by atomic mass is 10.0. The standard InChI is InChI=1S/C13H18N4/c14-10-12-7-9-16-17-13(12)15-8-3-6-11-4-1-2-5-11/h7,9,11H,1-6,8H2,(H,15,17). The van der Waals surface area contributed by atoms with Crippen molar-refractivity contribution in [3.05, 3.63) is 17.8 Å². The molecule has 0 atom stereocenters. The Bertz CT molecular complexity index is 391. The predicted octanol–water partition coefficient (Wildman–Crippen LogP) is 2.73. The number of rotatable bonds is 5. The Morgan fingerprint density at radius 1 is 1.41 bits per heavy atom. The summed E-state index contributed by atoms with van der Waals surface area (Å²) in [5.74, 6) is 1.54. The zero-order chi connectivity index (χ0) is 11.9. The summed E-state index contributed by atoms with van der Waals surface area (Å²) >= 11 is 0. The molecule has 0 saturated heterocycles. The van der Waals surface area contributed by atoms with Gasteiger partial charge in [-0.15, -0.1) is 5.10 Å². The van der Waals surface area contributed by atoms with Crippen molar-refractivity contribution in [1.82, 2.24) is 10.2 Å². The topological polar surface area (TPSA) is 61.6 Å². The van der Waals surface area contributed by atoms with E-state index in [0.29, 0.717) is 11.4 Å². The Balaban J connectivity index is 1.72. The van der Waals surface area contributed by atoms with Gasteiger partial charge in [0.1, 0.15) is 6.07 Å². The molecule has 4 nitrogen and oxygen atoms in total. The first kappa shape index (κ1) is 11.8. The first-order valence-corrected chi connectivity index (χ1v) is 6.36. The number of nitrogens with zero attached hydrogens (tertiary/aromatic N) is 3. The largest absolute Gasteiger partial charge is 0.367 e. The normalized spacial score (nSPS) is 15.7. The van der Waals surface area contributed by atoms with Gasteiger partial charge in [0.15, 0.2) is 5.82 Å². The minimum Gasteiger partial charge on any atom is -0.367 e. The molecule has 0 amide bonds. The molecule has 1 aromatic rings. The van der Waals surface area contributed by atoms with Gasteiger partial charge in [0, 0.05) is 6.54 Å². The molecule has 1 aromatic heterocycles. The number of nitriles is 1. The van der Waals surface area contributed by atoms with Crippen molar-refractivity contribution in [1.29, 1.82) is 5.26 Å². The second-order valence-corrected chi connectivity index (χ2v) is 4.62. The highest BCUT2D eigenvalue weighted by Gasteiger charge is 2.14. The van der Waals surface area contributed by atoms with Crippen molar-refractivity contribution < 1.29 is 0 Å². The van der Waals surface area contributed by atoms with Gasteiger partial charge in [-0.1, -0.05) is 25.7 Å². The van der Waals surface area contributed by atoms with Crippen LogP contribution < -0.4 is 5.32 Å². The third-order valence-electron chi connectivity index (χ3n) is 3.40. The van der Waals surface area contributed by atoms with Gasteiger partial charge in [-0.3, -0.25) is 0 Å². The molecule has 1 N–H and O–H groups in total. The second kappa shape index (κ2) is 6.19. The van der Waals surface area contributed by atoms with Gasteiger partial charge in [-0.2, -0.15) is 10.4 Å². The molecule has 90 valence electrons. The van der Waals surface area contributed by atoms with Crippen molar-refractivity contribution in [2.75, 3.05) is 11.9 Å². The molecule has 0 spiro atoms. The van der Waals surface area contributed by atoms with E-state index in [4.69, 9.17) is 5.26 Å². The van der Waals surface area contributed by atoms with E-state index in [1.165, 1.54) is 32.1 Å². The summed E-state index contributed by atoms with van der Waals surface area (Å²) in [6.07, 6.45) is 9.58. The fourth-order valence-corrected chi connectivity index (χ4v) is 2.45. The molecule has 1 fully saturated rings. The van der Waals surface area contributed by atoms with Crippen LogP contribution in [0.3, 0.4) is 0 Å². The van der Waals surface area contributed by atoms with E-state index in [0.717, 1.165) is 18.9 Å². The molecule has 1 saturated carbocycles. The molecule has 0 aliphatic heterocycles. The van der Waals surface area contributed by atoms with Crippen LogP contribution in [-0.4, -0.2) is 16.7 Å². The van der Waals surface area contributed by atoms with Crippen LogP contribution >= 0.6 is 0 Å². The van der Waals surface area contributed by atoms with Gasteiger partial charge >= 0.3 is 0 Å². The minimum absolute atomic E-state index is 0.570. The highest BCUT2D eigenvalue weighted by atomic mass is 15.2. The number of anilines is 1. The molecule has 0 bridgehead atoms. The average Bonchev–Trinajstić information content (AvgIpc) is 2.88. The number of nitrogens with one attached hydrogen (secondary N) is 1. The maximum absolute atomic E-state index is 8.89. The van der Waals surface area contributed by atoms with E-state index in [1.807, 2.05) is 0 Å². The fraction of sp³-hybridized carbons (Fsp3) is 0.615. The zero-order valence-electron chi connectivity index (χ0n) is 10.0. The van der Waals surface area contributed by atoms with Crippen molar-refractivity contribution in [3.63, 3.8) is 0 Å². The van der Waals surface area contributed by atoms with Gasteiger partial charge in [-0.05, 0) is 24.8 Å². The summed E-state index contributed by atoms with van der Waals surface area (Å²) in [5, 5.41) is 19.8. The third kappa shape index (κ3) is 3.42. The van der Waals surface area contributed by atoms with Crippen LogP contribution in [0.5, 0.6) is 0 Å². The van der Waals surface area contributed by atoms with Gasteiger partial charge in [0.05, 0.1) is 11.8 Å². The number of hydrogen-bond acceptors (Lipinski definition) is 4. The minimum atomic E-state index is 0.570. The fourth-order valence-electron chi connectivity index (χ4n) is 2.45. The Kier molecular flexibility index (Phi) is 4.31. The quantitative estimate of drug-likeness (QED) is 0.790. The van der Waals surface area contributed by atoms with E-state index in [9.17, 15) is 0 Å². The van der Waals surface area contributed by atoms with E-state index in [-0.39, 0.29) is 0 Å². The predicted molar refractivity (Wildman–Crippen MR) is 66.4 cm³/mol. The maximum atomic E-state index is 8.89. The van der Waals surface area contributed by atoms with Gasteiger partial charge in [-0.25, -0.2) is 0 Å². The highest BCUT2D eigenvalue weighted by molar-refractivity contribution is 5.49. The number of hydrogen-bond donors (Lipinski definition) is 1. The molecule has 2 rings (SSSR count). The molecular weight excluding hydrogens is 212 g/mol. The van der Waals surface area contributed by atoms with Crippen LogP contribution in [0.25, 0.3) is 0 Å².